The van der Waals surface area contributed by atoms with E-state index in [1.54, 1.807) is 24.3 Å². The minimum absolute atomic E-state index is 0.0580. The molecule has 6 heteroatoms. The zero-order valence-corrected chi connectivity index (χ0v) is 10.8. The third-order valence-electron chi connectivity index (χ3n) is 3.16. The van der Waals surface area contributed by atoms with Gasteiger partial charge in [0.1, 0.15) is 18.6 Å². The quantitative estimate of drug-likeness (QED) is 0.622. The van der Waals surface area contributed by atoms with E-state index in [0.717, 1.165) is 11.1 Å². The molecular formula is C15H9N3O3. The molecule has 0 aliphatic carbocycles. The average Bonchev–Trinajstić information content (AvgIpc) is 2.54. The van der Waals surface area contributed by atoms with E-state index in [0.29, 0.717) is 23.6 Å². The molecule has 3 rings (SSSR count). The molecule has 0 saturated heterocycles. The Hall–Kier alpha value is -3.20. The van der Waals surface area contributed by atoms with Crippen LogP contribution in [0.3, 0.4) is 0 Å². The summed E-state index contributed by atoms with van der Waals surface area (Å²) in [6.45, 7) is 0.396. The van der Waals surface area contributed by atoms with Gasteiger partial charge in [-0.15, -0.1) is 0 Å². The lowest BCUT2D eigenvalue weighted by Gasteiger charge is -2.18. The van der Waals surface area contributed by atoms with Crippen molar-refractivity contribution in [2.45, 2.75) is 0 Å². The second kappa shape index (κ2) is 5.06. The van der Waals surface area contributed by atoms with Crippen LogP contribution in [0.2, 0.25) is 0 Å². The molecule has 1 aromatic carbocycles. The molecule has 0 amide bonds. The number of fused-ring (bicyclic) bond motifs is 1. The van der Waals surface area contributed by atoms with Gasteiger partial charge in [0.15, 0.2) is 0 Å². The number of aromatic nitrogens is 1. The Morgan fingerprint density at radius 3 is 2.86 bits per heavy atom. The molecule has 2 aromatic rings. The average molecular weight is 279 g/mol. The van der Waals surface area contributed by atoms with Crippen molar-refractivity contribution >= 4 is 11.3 Å². The molecule has 1 aromatic heterocycles. The Kier molecular flexibility index (Phi) is 3.09. The summed E-state index contributed by atoms with van der Waals surface area (Å²) in [5.74, 6) is 0.673. The molecule has 0 radical (unpaired) electrons. The standard InChI is InChI=1S/C15H9N3O3/c16-8-10-1-4-15-13(7-10)12(5-6-21-15)14-3-2-11(9-17-14)18(19)20/h1-5,7,9H,6H2. The van der Waals surface area contributed by atoms with Crippen LogP contribution >= 0.6 is 0 Å². The van der Waals surface area contributed by atoms with Crippen LogP contribution in [0.5, 0.6) is 5.75 Å². The minimum Gasteiger partial charge on any atom is -0.489 e. The lowest BCUT2D eigenvalue weighted by molar-refractivity contribution is -0.385. The van der Waals surface area contributed by atoms with Crippen molar-refractivity contribution in [2.75, 3.05) is 6.61 Å². The fourth-order valence-electron chi connectivity index (χ4n) is 2.16. The summed E-state index contributed by atoms with van der Waals surface area (Å²) in [5.41, 5.74) is 2.65. The molecule has 1 aliphatic rings. The molecule has 0 unspecified atom stereocenters. The molecule has 102 valence electrons. The number of nitrogens with zero attached hydrogens (tertiary/aromatic N) is 3. The van der Waals surface area contributed by atoms with E-state index in [9.17, 15) is 10.1 Å². The first-order chi connectivity index (χ1) is 10.2. The number of hydrogen-bond acceptors (Lipinski definition) is 5. The van der Waals surface area contributed by atoms with Crippen molar-refractivity contribution in [3.8, 4) is 11.8 Å². The Balaban J connectivity index is 2.06. The number of nitriles is 1. The first-order valence-electron chi connectivity index (χ1n) is 6.17. The van der Waals surface area contributed by atoms with Gasteiger partial charge in [-0.3, -0.25) is 10.1 Å². The van der Waals surface area contributed by atoms with E-state index in [1.807, 2.05) is 6.08 Å². The fourth-order valence-corrected chi connectivity index (χ4v) is 2.16. The van der Waals surface area contributed by atoms with Gasteiger partial charge >= 0.3 is 0 Å². The third-order valence-corrected chi connectivity index (χ3v) is 3.16. The Labute approximate surface area is 120 Å². The Bertz CT molecular complexity index is 789. The van der Waals surface area contributed by atoms with Crippen LogP contribution in [0.15, 0.2) is 42.6 Å². The molecule has 0 fully saturated rings. The van der Waals surface area contributed by atoms with Gasteiger partial charge in [-0.1, -0.05) is 0 Å². The summed E-state index contributed by atoms with van der Waals surface area (Å²) in [5, 5.41) is 19.7. The van der Waals surface area contributed by atoms with Crippen LogP contribution in [0.25, 0.3) is 5.57 Å². The van der Waals surface area contributed by atoms with Gasteiger partial charge in [0.2, 0.25) is 0 Å². The Morgan fingerprint density at radius 1 is 1.33 bits per heavy atom. The SMILES string of the molecule is N#Cc1ccc2c(c1)C(c1ccc([N+](=O)[O-])cn1)=CCO2. The highest BCUT2D eigenvalue weighted by Crippen LogP contribution is 2.34. The summed E-state index contributed by atoms with van der Waals surface area (Å²) in [6.07, 6.45) is 3.07. The van der Waals surface area contributed by atoms with E-state index in [1.165, 1.54) is 12.3 Å². The van der Waals surface area contributed by atoms with Crippen LogP contribution in [0, 0.1) is 21.4 Å². The third kappa shape index (κ3) is 2.32. The molecule has 0 saturated carbocycles. The number of nitro groups is 1. The van der Waals surface area contributed by atoms with Gasteiger partial charge in [0, 0.05) is 17.2 Å². The molecular weight excluding hydrogens is 270 g/mol. The molecule has 0 atom stereocenters. The van der Waals surface area contributed by atoms with Gasteiger partial charge in [-0.25, -0.2) is 4.98 Å². The monoisotopic (exact) mass is 279 g/mol. The van der Waals surface area contributed by atoms with E-state index in [-0.39, 0.29) is 5.69 Å². The maximum Gasteiger partial charge on any atom is 0.287 e. The topological polar surface area (TPSA) is 89.0 Å². The largest absolute Gasteiger partial charge is 0.489 e. The number of hydrogen-bond donors (Lipinski definition) is 0. The van der Waals surface area contributed by atoms with Crippen LogP contribution in [-0.4, -0.2) is 16.5 Å². The molecule has 0 bridgehead atoms. The molecule has 21 heavy (non-hydrogen) atoms. The zero-order chi connectivity index (χ0) is 14.8. The lowest BCUT2D eigenvalue weighted by Crippen LogP contribution is -2.06. The number of benzene rings is 1. The van der Waals surface area contributed by atoms with Crippen molar-refractivity contribution in [2.24, 2.45) is 0 Å². The second-order valence-corrected chi connectivity index (χ2v) is 4.41. The highest BCUT2D eigenvalue weighted by Gasteiger charge is 2.18. The van der Waals surface area contributed by atoms with Gasteiger partial charge in [0.25, 0.3) is 5.69 Å². The number of ether oxygens (including phenoxy) is 1. The maximum atomic E-state index is 10.7. The highest BCUT2D eigenvalue weighted by atomic mass is 16.6. The van der Waals surface area contributed by atoms with Gasteiger partial charge in [0.05, 0.1) is 22.2 Å². The Morgan fingerprint density at radius 2 is 2.19 bits per heavy atom. The minimum atomic E-state index is -0.489. The number of pyridine rings is 1. The van der Waals surface area contributed by atoms with Crippen molar-refractivity contribution in [3.63, 3.8) is 0 Å². The smallest absolute Gasteiger partial charge is 0.287 e. The van der Waals surface area contributed by atoms with Crippen molar-refractivity contribution in [1.82, 2.24) is 4.98 Å². The van der Waals surface area contributed by atoms with E-state index in [4.69, 9.17) is 10.00 Å². The zero-order valence-electron chi connectivity index (χ0n) is 10.8. The predicted molar refractivity (Wildman–Crippen MR) is 74.6 cm³/mol. The first kappa shape index (κ1) is 12.8. The fraction of sp³-hybridized carbons (Fsp3) is 0.0667. The highest BCUT2D eigenvalue weighted by molar-refractivity contribution is 5.83. The molecule has 0 N–H and O–H groups in total. The molecule has 2 heterocycles. The lowest BCUT2D eigenvalue weighted by atomic mass is 9.97. The van der Waals surface area contributed by atoms with Crippen molar-refractivity contribution < 1.29 is 9.66 Å². The summed E-state index contributed by atoms with van der Waals surface area (Å²) in [6, 6.07) is 10.2. The van der Waals surface area contributed by atoms with Gasteiger partial charge in [-0.05, 0) is 30.3 Å². The summed E-state index contributed by atoms with van der Waals surface area (Å²) < 4.78 is 5.51. The molecule has 1 aliphatic heterocycles. The van der Waals surface area contributed by atoms with Gasteiger partial charge < -0.3 is 4.74 Å². The van der Waals surface area contributed by atoms with Crippen LogP contribution in [-0.2, 0) is 0 Å². The molecule has 0 spiro atoms. The summed E-state index contributed by atoms with van der Waals surface area (Å²) >= 11 is 0. The second-order valence-electron chi connectivity index (χ2n) is 4.41. The molecule has 6 nitrogen and oxygen atoms in total. The maximum absolute atomic E-state index is 10.7. The van der Waals surface area contributed by atoms with Crippen LogP contribution in [0.1, 0.15) is 16.8 Å². The summed E-state index contributed by atoms with van der Waals surface area (Å²) in [7, 11) is 0. The van der Waals surface area contributed by atoms with Crippen LogP contribution in [0.4, 0.5) is 5.69 Å². The van der Waals surface area contributed by atoms with E-state index in [2.05, 4.69) is 11.1 Å². The van der Waals surface area contributed by atoms with E-state index < -0.39 is 4.92 Å². The first-order valence-corrected chi connectivity index (χ1v) is 6.17. The van der Waals surface area contributed by atoms with Crippen molar-refractivity contribution in [3.05, 3.63) is 69.5 Å². The van der Waals surface area contributed by atoms with Gasteiger partial charge in [-0.2, -0.15) is 5.26 Å². The number of rotatable bonds is 2. The summed E-state index contributed by atoms with van der Waals surface area (Å²) in [4.78, 5) is 14.3. The normalized spacial score (nSPS) is 12.6. The van der Waals surface area contributed by atoms with Crippen LogP contribution < -0.4 is 4.74 Å². The van der Waals surface area contributed by atoms with Crippen molar-refractivity contribution in [1.29, 1.82) is 5.26 Å². The predicted octanol–water partition coefficient (Wildman–Crippen LogP) is 2.69. The van der Waals surface area contributed by atoms with E-state index >= 15 is 0 Å².